The Bertz CT molecular complexity index is 396. The molecule has 1 unspecified atom stereocenters. The molecule has 0 bridgehead atoms. The minimum atomic E-state index is 0.282. The molecule has 2 heteroatoms. The van der Waals surface area contributed by atoms with E-state index < -0.39 is 0 Å². The third-order valence-electron chi connectivity index (χ3n) is 4.35. The number of hydrogen-bond acceptors (Lipinski definition) is 2. The zero-order valence-electron chi connectivity index (χ0n) is 12.4. The molecule has 0 amide bonds. The average Bonchev–Trinajstić information content (AvgIpc) is 2.31. The smallest absolute Gasteiger partial charge is 0.0445 e. The lowest BCUT2D eigenvalue weighted by Crippen LogP contribution is -2.47. The third kappa shape index (κ3) is 3.80. The Hall–Kier alpha value is -0.860. The first-order valence-corrected chi connectivity index (χ1v) is 7.53. The molecule has 2 rings (SSSR count). The summed E-state index contributed by atoms with van der Waals surface area (Å²) in [7, 11) is 0. The van der Waals surface area contributed by atoms with Crippen LogP contribution in [0, 0.1) is 12.8 Å². The summed E-state index contributed by atoms with van der Waals surface area (Å²) in [5.74, 6) is 1.31. The van der Waals surface area contributed by atoms with Gasteiger partial charge >= 0.3 is 0 Å². The first-order valence-electron chi connectivity index (χ1n) is 7.53. The van der Waals surface area contributed by atoms with E-state index in [0.717, 1.165) is 12.3 Å². The molecular formula is C17H27NO. The van der Waals surface area contributed by atoms with Crippen LogP contribution in [0.1, 0.15) is 50.2 Å². The van der Waals surface area contributed by atoms with Crippen molar-refractivity contribution in [1.82, 2.24) is 5.32 Å². The van der Waals surface area contributed by atoms with E-state index >= 15 is 0 Å². The minimum absolute atomic E-state index is 0.282. The van der Waals surface area contributed by atoms with Gasteiger partial charge in [-0.05, 0) is 43.6 Å². The number of aliphatic hydroxyl groups is 1. The lowest BCUT2D eigenvalue weighted by molar-refractivity contribution is 0.199. The van der Waals surface area contributed by atoms with Crippen molar-refractivity contribution in [1.29, 1.82) is 0 Å². The van der Waals surface area contributed by atoms with Crippen LogP contribution in [0.4, 0.5) is 0 Å². The second kappa shape index (κ2) is 6.53. The van der Waals surface area contributed by atoms with Gasteiger partial charge in [0.1, 0.15) is 0 Å². The molecule has 1 aliphatic rings. The highest BCUT2D eigenvalue weighted by Crippen LogP contribution is 2.37. The lowest BCUT2D eigenvalue weighted by atomic mass is 9.75. The van der Waals surface area contributed by atoms with Gasteiger partial charge < -0.3 is 10.4 Å². The average molecular weight is 261 g/mol. The largest absolute Gasteiger partial charge is 0.396 e. The van der Waals surface area contributed by atoms with Gasteiger partial charge in [-0.15, -0.1) is 0 Å². The number of nitrogens with one attached hydrogen (secondary N) is 1. The summed E-state index contributed by atoms with van der Waals surface area (Å²) in [5, 5.41) is 12.8. The van der Waals surface area contributed by atoms with Crippen LogP contribution >= 0.6 is 0 Å². The van der Waals surface area contributed by atoms with Crippen molar-refractivity contribution in [2.75, 3.05) is 6.61 Å². The fraction of sp³-hybridized carbons (Fsp3) is 0.647. The van der Waals surface area contributed by atoms with Crippen molar-refractivity contribution in [3.05, 3.63) is 35.4 Å². The highest BCUT2D eigenvalue weighted by atomic mass is 16.3. The van der Waals surface area contributed by atoms with E-state index in [9.17, 15) is 0 Å². The van der Waals surface area contributed by atoms with Crippen molar-refractivity contribution in [2.45, 2.75) is 58.0 Å². The van der Waals surface area contributed by atoms with Gasteiger partial charge in [0, 0.05) is 18.7 Å². The van der Waals surface area contributed by atoms with Gasteiger partial charge in [-0.2, -0.15) is 0 Å². The summed E-state index contributed by atoms with van der Waals surface area (Å²) in [6.45, 7) is 6.89. The Balaban J connectivity index is 1.82. The molecule has 2 N–H and O–H groups in total. The van der Waals surface area contributed by atoms with Gasteiger partial charge in [0.15, 0.2) is 0 Å². The van der Waals surface area contributed by atoms with Crippen LogP contribution in [-0.4, -0.2) is 23.8 Å². The predicted molar refractivity (Wildman–Crippen MR) is 80.4 cm³/mol. The molecule has 1 saturated carbocycles. The van der Waals surface area contributed by atoms with Crippen molar-refractivity contribution >= 4 is 0 Å². The third-order valence-corrected chi connectivity index (χ3v) is 4.35. The maximum atomic E-state index is 9.11. The van der Waals surface area contributed by atoms with Gasteiger partial charge in [-0.3, -0.25) is 0 Å². The molecular weight excluding hydrogens is 234 g/mol. The summed E-state index contributed by atoms with van der Waals surface area (Å²) in [4.78, 5) is 0. The topological polar surface area (TPSA) is 32.3 Å². The number of aliphatic hydroxyl groups excluding tert-OH is 1. The standard InChI is InChI=1S/C17H27NO/c1-12(2)17(7-8-19)18-16-10-15(11-16)14-6-4-5-13(3)9-14/h4-6,9,12,15-19H,7-8,10-11H2,1-3H3. The first-order chi connectivity index (χ1) is 9.10. The molecule has 0 spiro atoms. The van der Waals surface area contributed by atoms with Crippen molar-refractivity contribution in [3.8, 4) is 0 Å². The highest BCUT2D eigenvalue weighted by molar-refractivity contribution is 5.27. The van der Waals surface area contributed by atoms with Crippen LogP contribution in [0.15, 0.2) is 24.3 Å². The van der Waals surface area contributed by atoms with E-state index in [-0.39, 0.29) is 6.61 Å². The van der Waals surface area contributed by atoms with E-state index in [4.69, 9.17) is 5.11 Å². The number of hydrogen-bond donors (Lipinski definition) is 2. The molecule has 0 aromatic heterocycles. The Morgan fingerprint density at radius 1 is 1.32 bits per heavy atom. The van der Waals surface area contributed by atoms with Crippen LogP contribution in [0.2, 0.25) is 0 Å². The van der Waals surface area contributed by atoms with Crippen LogP contribution in [0.3, 0.4) is 0 Å². The van der Waals surface area contributed by atoms with E-state index in [1.54, 1.807) is 0 Å². The van der Waals surface area contributed by atoms with Crippen molar-refractivity contribution in [3.63, 3.8) is 0 Å². The van der Waals surface area contributed by atoms with E-state index in [1.165, 1.54) is 24.0 Å². The normalized spacial score (nSPS) is 24.3. The van der Waals surface area contributed by atoms with Crippen LogP contribution in [0.25, 0.3) is 0 Å². The predicted octanol–water partition coefficient (Wildman–Crippen LogP) is 3.24. The molecule has 1 aromatic rings. The summed E-state index contributed by atoms with van der Waals surface area (Å²) in [6, 6.07) is 9.97. The van der Waals surface area contributed by atoms with E-state index in [2.05, 4.69) is 50.4 Å². The van der Waals surface area contributed by atoms with Gasteiger partial charge in [-0.1, -0.05) is 43.7 Å². The second-order valence-electron chi connectivity index (χ2n) is 6.31. The SMILES string of the molecule is Cc1cccc(C2CC(NC(CCO)C(C)C)C2)c1. The molecule has 0 aliphatic heterocycles. The molecule has 19 heavy (non-hydrogen) atoms. The van der Waals surface area contributed by atoms with Crippen LogP contribution < -0.4 is 5.32 Å². The Morgan fingerprint density at radius 3 is 2.63 bits per heavy atom. The molecule has 106 valence electrons. The zero-order chi connectivity index (χ0) is 13.8. The monoisotopic (exact) mass is 261 g/mol. The fourth-order valence-corrected chi connectivity index (χ4v) is 3.00. The maximum absolute atomic E-state index is 9.11. The minimum Gasteiger partial charge on any atom is -0.396 e. The Kier molecular flexibility index (Phi) is 5.00. The first kappa shape index (κ1) is 14.5. The highest BCUT2D eigenvalue weighted by Gasteiger charge is 2.32. The summed E-state index contributed by atoms with van der Waals surface area (Å²) < 4.78 is 0. The van der Waals surface area contributed by atoms with Gasteiger partial charge in [-0.25, -0.2) is 0 Å². The number of benzene rings is 1. The summed E-state index contributed by atoms with van der Waals surface area (Å²) >= 11 is 0. The van der Waals surface area contributed by atoms with Gasteiger partial charge in [0.05, 0.1) is 0 Å². The fourth-order valence-electron chi connectivity index (χ4n) is 3.00. The van der Waals surface area contributed by atoms with E-state index in [0.29, 0.717) is 18.0 Å². The van der Waals surface area contributed by atoms with Crippen molar-refractivity contribution < 1.29 is 5.11 Å². The summed E-state index contributed by atoms with van der Waals surface area (Å²) in [5.41, 5.74) is 2.84. The molecule has 1 fully saturated rings. The Morgan fingerprint density at radius 2 is 2.05 bits per heavy atom. The maximum Gasteiger partial charge on any atom is 0.0445 e. The van der Waals surface area contributed by atoms with Crippen LogP contribution in [0.5, 0.6) is 0 Å². The molecule has 0 saturated heterocycles. The molecule has 0 radical (unpaired) electrons. The van der Waals surface area contributed by atoms with Gasteiger partial charge in [0.2, 0.25) is 0 Å². The van der Waals surface area contributed by atoms with Gasteiger partial charge in [0.25, 0.3) is 0 Å². The molecule has 1 aliphatic carbocycles. The molecule has 0 heterocycles. The van der Waals surface area contributed by atoms with Crippen molar-refractivity contribution in [2.24, 2.45) is 5.92 Å². The van der Waals surface area contributed by atoms with Crippen LogP contribution in [-0.2, 0) is 0 Å². The number of rotatable bonds is 6. The Labute approximate surface area is 117 Å². The number of aryl methyl sites for hydroxylation is 1. The lowest BCUT2D eigenvalue weighted by Gasteiger charge is -2.40. The molecule has 2 nitrogen and oxygen atoms in total. The second-order valence-corrected chi connectivity index (χ2v) is 6.31. The van der Waals surface area contributed by atoms with E-state index in [1.807, 2.05) is 0 Å². The molecule has 1 atom stereocenters. The summed E-state index contributed by atoms with van der Waals surface area (Å²) in [6.07, 6.45) is 3.33. The zero-order valence-corrected chi connectivity index (χ0v) is 12.4. The quantitative estimate of drug-likeness (QED) is 0.824. The molecule has 1 aromatic carbocycles.